The molecule has 2 amide bonds. The quantitative estimate of drug-likeness (QED) is 0.719. The zero-order valence-corrected chi connectivity index (χ0v) is 12.8. The molecule has 0 saturated carbocycles. The molecule has 0 bridgehead atoms. The molecule has 116 valence electrons. The molecule has 20 heavy (non-hydrogen) atoms. The molecule has 1 fully saturated rings. The van der Waals surface area contributed by atoms with Gasteiger partial charge in [0, 0.05) is 45.8 Å². The van der Waals surface area contributed by atoms with E-state index in [-0.39, 0.29) is 12.6 Å². The summed E-state index contributed by atoms with van der Waals surface area (Å²) in [6.45, 7) is 5.33. The molecule has 0 radical (unpaired) electrons. The molecule has 7 nitrogen and oxygen atoms in total. The smallest absolute Gasteiger partial charge is 0.317 e. The minimum absolute atomic E-state index is 0.210. The maximum Gasteiger partial charge on any atom is 0.317 e. The van der Waals surface area contributed by atoms with Crippen LogP contribution in [0.15, 0.2) is 0 Å². The van der Waals surface area contributed by atoms with Gasteiger partial charge in [-0.1, -0.05) is 6.92 Å². The Labute approximate surface area is 120 Å². The highest BCUT2D eigenvalue weighted by molar-refractivity contribution is 5.75. The average molecular weight is 286 g/mol. The lowest BCUT2D eigenvalue weighted by Gasteiger charge is -2.38. The van der Waals surface area contributed by atoms with Crippen molar-refractivity contribution in [3.05, 3.63) is 0 Å². The van der Waals surface area contributed by atoms with Crippen LogP contribution >= 0.6 is 0 Å². The number of carbonyl (C=O) groups excluding carboxylic acids is 1. The van der Waals surface area contributed by atoms with Crippen LogP contribution in [0, 0.1) is 5.92 Å². The number of amides is 2. The summed E-state index contributed by atoms with van der Waals surface area (Å²) >= 11 is 0. The molecule has 0 aromatic rings. The third-order valence-electron chi connectivity index (χ3n) is 3.79. The fourth-order valence-corrected chi connectivity index (χ4v) is 2.23. The second-order valence-electron chi connectivity index (χ2n) is 5.70. The van der Waals surface area contributed by atoms with E-state index in [0.29, 0.717) is 12.6 Å². The molecule has 2 unspecified atom stereocenters. The highest BCUT2D eigenvalue weighted by Gasteiger charge is 2.23. The van der Waals surface area contributed by atoms with E-state index in [1.807, 2.05) is 0 Å². The van der Waals surface area contributed by atoms with E-state index in [9.17, 15) is 9.59 Å². The first-order valence-corrected chi connectivity index (χ1v) is 6.91. The summed E-state index contributed by atoms with van der Waals surface area (Å²) in [6, 6.07) is 0.0720. The summed E-state index contributed by atoms with van der Waals surface area (Å²) in [5, 5.41) is 11.7. The van der Waals surface area contributed by atoms with Crippen LogP contribution in [0.4, 0.5) is 4.79 Å². The van der Waals surface area contributed by atoms with Crippen molar-refractivity contribution in [3.8, 4) is 0 Å². The monoisotopic (exact) mass is 286 g/mol. The molecule has 1 aliphatic rings. The van der Waals surface area contributed by atoms with Crippen LogP contribution in [-0.4, -0.2) is 91.7 Å². The molecule has 0 aromatic heterocycles. The number of carboxylic acids is 1. The number of carbonyl (C=O) groups is 2. The number of aliphatic carboxylic acids is 1. The summed E-state index contributed by atoms with van der Waals surface area (Å²) in [6.07, 6.45) is 0. The summed E-state index contributed by atoms with van der Waals surface area (Å²) in [7, 11) is 5.74. The molecule has 2 N–H and O–H groups in total. The Morgan fingerprint density at radius 2 is 2.05 bits per heavy atom. The lowest BCUT2D eigenvalue weighted by molar-refractivity contribution is -0.141. The van der Waals surface area contributed by atoms with Gasteiger partial charge in [-0.2, -0.15) is 0 Å². The highest BCUT2D eigenvalue weighted by atomic mass is 16.4. The lowest BCUT2D eigenvalue weighted by atomic mass is 10.2. The second kappa shape index (κ2) is 7.44. The van der Waals surface area contributed by atoms with E-state index < -0.39 is 11.9 Å². The van der Waals surface area contributed by atoms with Crippen molar-refractivity contribution in [1.82, 2.24) is 20.0 Å². The van der Waals surface area contributed by atoms with Gasteiger partial charge in [0.05, 0.1) is 5.92 Å². The van der Waals surface area contributed by atoms with Crippen LogP contribution in [0.2, 0.25) is 0 Å². The minimum Gasteiger partial charge on any atom is -0.481 e. The number of piperazine rings is 1. The molecule has 0 aromatic carbocycles. The van der Waals surface area contributed by atoms with Gasteiger partial charge in [-0.25, -0.2) is 4.79 Å². The Hall–Kier alpha value is -1.34. The number of hydrogen-bond donors (Lipinski definition) is 2. The lowest BCUT2D eigenvalue weighted by Crippen LogP contribution is -2.55. The predicted octanol–water partition coefficient (Wildman–Crippen LogP) is -0.406. The molecule has 1 aliphatic heterocycles. The third-order valence-corrected chi connectivity index (χ3v) is 3.79. The van der Waals surface area contributed by atoms with E-state index in [2.05, 4.69) is 29.2 Å². The normalized spacial score (nSPS) is 22.3. The minimum atomic E-state index is -0.890. The first-order valence-electron chi connectivity index (χ1n) is 6.91. The number of hydrogen-bond acceptors (Lipinski definition) is 4. The molecule has 1 saturated heterocycles. The average Bonchev–Trinajstić information content (AvgIpc) is 2.39. The van der Waals surface area contributed by atoms with Gasteiger partial charge in [0.25, 0.3) is 0 Å². The summed E-state index contributed by atoms with van der Waals surface area (Å²) < 4.78 is 0. The van der Waals surface area contributed by atoms with Crippen LogP contribution in [0.3, 0.4) is 0 Å². The SMILES string of the molecule is CC(CN(C)C(=O)NCC1CN(C)CCN1C)C(=O)O. The van der Waals surface area contributed by atoms with Crippen molar-refractivity contribution in [1.29, 1.82) is 0 Å². The number of carboxylic acid groups (broad SMARTS) is 1. The Kier molecular flexibility index (Phi) is 6.22. The first kappa shape index (κ1) is 16.7. The van der Waals surface area contributed by atoms with Gasteiger partial charge in [0.1, 0.15) is 0 Å². The van der Waals surface area contributed by atoms with Gasteiger partial charge in [0.15, 0.2) is 0 Å². The van der Waals surface area contributed by atoms with Crippen molar-refractivity contribution in [2.75, 3.05) is 53.9 Å². The topological polar surface area (TPSA) is 76.1 Å². The second-order valence-corrected chi connectivity index (χ2v) is 5.70. The fourth-order valence-electron chi connectivity index (χ4n) is 2.23. The van der Waals surface area contributed by atoms with Crippen LogP contribution in [0.1, 0.15) is 6.92 Å². The van der Waals surface area contributed by atoms with E-state index in [1.54, 1.807) is 14.0 Å². The summed E-state index contributed by atoms with van der Waals surface area (Å²) in [5.41, 5.74) is 0. The van der Waals surface area contributed by atoms with Gasteiger partial charge in [-0.15, -0.1) is 0 Å². The summed E-state index contributed by atoms with van der Waals surface area (Å²) in [5.74, 6) is -1.45. The van der Waals surface area contributed by atoms with E-state index in [4.69, 9.17) is 5.11 Å². The fraction of sp³-hybridized carbons (Fsp3) is 0.846. The Bertz CT molecular complexity index is 351. The van der Waals surface area contributed by atoms with Gasteiger partial charge in [-0.3, -0.25) is 9.69 Å². The third kappa shape index (κ3) is 4.97. The standard InChI is InChI=1S/C13H26N4O3/c1-10(12(18)19)8-17(4)13(20)14-7-11-9-15(2)5-6-16(11)3/h10-11H,5-9H2,1-4H3,(H,14,20)(H,18,19). The largest absolute Gasteiger partial charge is 0.481 e. The zero-order valence-electron chi connectivity index (χ0n) is 12.8. The maximum atomic E-state index is 11.9. The zero-order chi connectivity index (χ0) is 15.3. The molecule has 1 heterocycles. The Morgan fingerprint density at radius 1 is 1.40 bits per heavy atom. The number of nitrogens with one attached hydrogen (secondary N) is 1. The van der Waals surface area contributed by atoms with Crippen molar-refractivity contribution in [2.24, 2.45) is 5.92 Å². The Balaban J connectivity index is 2.36. The summed E-state index contributed by atoms with van der Waals surface area (Å²) in [4.78, 5) is 28.6. The van der Waals surface area contributed by atoms with Crippen LogP contribution < -0.4 is 5.32 Å². The molecule has 0 spiro atoms. The van der Waals surface area contributed by atoms with Crippen molar-refractivity contribution >= 4 is 12.0 Å². The van der Waals surface area contributed by atoms with E-state index >= 15 is 0 Å². The number of likely N-dealkylation sites (N-methyl/N-ethyl adjacent to an activating group) is 2. The van der Waals surface area contributed by atoms with Crippen molar-refractivity contribution in [2.45, 2.75) is 13.0 Å². The number of nitrogens with zero attached hydrogens (tertiary/aromatic N) is 3. The van der Waals surface area contributed by atoms with E-state index in [0.717, 1.165) is 19.6 Å². The van der Waals surface area contributed by atoms with Crippen molar-refractivity contribution in [3.63, 3.8) is 0 Å². The molecule has 0 aliphatic carbocycles. The maximum absolute atomic E-state index is 11.9. The van der Waals surface area contributed by atoms with Gasteiger partial charge >= 0.3 is 12.0 Å². The van der Waals surface area contributed by atoms with Crippen LogP contribution in [-0.2, 0) is 4.79 Å². The van der Waals surface area contributed by atoms with Crippen LogP contribution in [0.25, 0.3) is 0 Å². The van der Waals surface area contributed by atoms with E-state index in [1.165, 1.54) is 4.90 Å². The molecular weight excluding hydrogens is 260 g/mol. The van der Waals surface area contributed by atoms with Crippen molar-refractivity contribution < 1.29 is 14.7 Å². The molecule has 2 atom stereocenters. The van der Waals surface area contributed by atoms with Gasteiger partial charge in [0.2, 0.25) is 0 Å². The highest BCUT2D eigenvalue weighted by Crippen LogP contribution is 2.05. The molecule has 1 rings (SSSR count). The van der Waals surface area contributed by atoms with Gasteiger partial charge < -0.3 is 20.2 Å². The molecule has 7 heteroatoms. The molecular formula is C13H26N4O3. The Morgan fingerprint density at radius 3 is 2.65 bits per heavy atom. The number of urea groups is 1. The number of rotatable bonds is 5. The van der Waals surface area contributed by atoms with Crippen LogP contribution in [0.5, 0.6) is 0 Å². The first-order chi connectivity index (χ1) is 9.31. The predicted molar refractivity (Wildman–Crippen MR) is 76.7 cm³/mol. The van der Waals surface area contributed by atoms with Gasteiger partial charge in [-0.05, 0) is 14.1 Å².